The zero-order chi connectivity index (χ0) is 33.7. The quantitative estimate of drug-likeness (QED) is 0.200. The molecule has 10 nitrogen and oxygen atoms in total. The van der Waals surface area contributed by atoms with Gasteiger partial charge in [-0.05, 0) is 88.3 Å². The van der Waals surface area contributed by atoms with Crippen LogP contribution < -0.4 is 20.5 Å². The van der Waals surface area contributed by atoms with Crippen LogP contribution in [0.25, 0.3) is 0 Å². The number of aliphatic hydroxyl groups is 1. The second-order valence-electron chi connectivity index (χ2n) is 14.2. The first kappa shape index (κ1) is 38.6. The zero-order valence-corrected chi connectivity index (χ0v) is 29.3. The fraction of sp³-hybridized carbons (Fsp3) is 0.771. The molecule has 0 aromatic heterocycles. The van der Waals surface area contributed by atoms with Gasteiger partial charge in [0.2, 0.25) is 5.91 Å². The highest BCUT2D eigenvalue weighted by Gasteiger charge is 2.33. The van der Waals surface area contributed by atoms with E-state index in [-0.39, 0.29) is 35.8 Å². The molecule has 1 aromatic rings. The fourth-order valence-corrected chi connectivity index (χ4v) is 5.70. The normalized spacial score (nSPS) is 17.1. The number of carbonyl (C=O) groups is 2. The summed E-state index contributed by atoms with van der Waals surface area (Å²) in [4.78, 5) is 27.5. The van der Waals surface area contributed by atoms with Gasteiger partial charge >= 0.3 is 6.09 Å². The summed E-state index contributed by atoms with van der Waals surface area (Å²) in [5.41, 5.74) is 7.19. The van der Waals surface area contributed by atoms with E-state index in [1.807, 2.05) is 46.8 Å². The number of amides is 2. The predicted molar refractivity (Wildman–Crippen MR) is 178 cm³/mol. The van der Waals surface area contributed by atoms with Gasteiger partial charge in [0.25, 0.3) is 0 Å². The molecule has 0 aliphatic carbocycles. The number of rotatable bonds is 17. The number of nitrogens with two attached hydrogens (primary N) is 1. The van der Waals surface area contributed by atoms with Crippen LogP contribution in [0, 0.1) is 23.7 Å². The number of aliphatic hydroxyl groups excluding tert-OH is 1. The van der Waals surface area contributed by atoms with E-state index in [0.29, 0.717) is 69.4 Å². The molecule has 1 fully saturated rings. The van der Waals surface area contributed by atoms with Crippen molar-refractivity contribution in [3.8, 4) is 11.5 Å². The number of hydrogen-bond acceptors (Lipinski definition) is 8. The van der Waals surface area contributed by atoms with Crippen LogP contribution in [-0.4, -0.2) is 86.3 Å². The molecule has 0 unspecified atom stereocenters. The Kier molecular flexibility index (Phi) is 15.9. The summed E-state index contributed by atoms with van der Waals surface area (Å²) in [6.45, 7) is 16.1. The summed E-state index contributed by atoms with van der Waals surface area (Å²) >= 11 is 0. The Hall–Kier alpha value is -2.56. The van der Waals surface area contributed by atoms with Crippen molar-refractivity contribution in [2.45, 2.75) is 111 Å². The van der Waals surface area contributed by atoms with Gasteiger partial charge in [-0.15, -0.1) is 0 Å². The van der Waals surface area contributed by atoms with Crippen LogP contribution in [0.5, 0.6) is 11.5 Å². The minimum absolute atomic E-state index is 0.0214. The molecule has 2 amide bonds. The van der Waals surface area contributed by atoms with Crippen LogP contribution in [0.3, 0.4) is 0 Å². The van der Waals surface area contributed by atoms with Crippen LogP contribution in [0.1, 0.15) is 86.1 Å². The maximum atomic E-state index is 13.4. The van der Waals surface area contributed by atoms with E-state index >= 15 is 0 Å². The average molecular weight is 636 g/mol. The first-order chi connectivity index (χ1) is 21.1. The molecule has 4 atom stereocenters. The fourth-order valence-electron chi connectivity index (χ4n) is 5.70. The van der Waals surface area contributed by atoms with Gasteiger partial charge in [-0.3, -0.25) is 4.79 Å². The van der Waals surface area contributed by atoms with Crippen molar-refractivity contribution >= 4 is 12.0 Å². The SMILES string of the molecule is COCCCOc1cc(C[C@@H](C[C@H](N)[C@@H](O)C[C@H](C(=O)NC2CCN(C(=O)OC(C)(C)C)CC2)C(C)C)C(C)C)ccc1OC. The van der Waals surface area contributed by atoms with Crippen molar-refractivity contribution in [1.82, 2.24) is 10.2 Å². The second-order valence-corrected chi connectivity index (χ2v) is 14.2. The number of ether oxygens (including phenoxy) is 4. The lowest BCUT2D eigenvalue weighted by Crippen LogP contribution is -2.50. The van der Waals surface area contributed by atoms with E-state index in [9.17, 15) is 14.7 Å². The summed E-state index contributed by atoms with van der Waals surface area (Å²) in [6.07, 6.45) is 2.70. The number of methoxy groups -OCH3 is 2. The van der Waals surface area contributed by atoms with E-state index < -0.39 is 17.7 Å². The predicted octanol–water partition coefficient (Wildman–Crippen LogP) is 5.18. The third kappa shape index (κ3) is 13.4. The second kappa shape index (κ2) is 18.6. The highest BCUT2D eigenvalue weighted by Crippen LogP contribution is 2.32. The van der Waals surface area contributed by atoms with E-state index in [4.69, 9.17) is 24.7 Å². The summed E-state index contributed by atoms with van der Waals surface area (Å²) in [5, 5.41) is 14.4. The van der Waals surface area contributed by atoms with Crippen LogP contribution in [0.2, 0.25) is 0 Å². The maximum absolute atomic E-state index is 13.4. The number of piperidine rings is 1. The van der Waals surface area contributed by atoms with Gasteiger partial charge in [-0.1, -0.05) is 33.8 Å². The third-order valence-corrected chi connectivity index (χ3v) is 8.62. The molecule has 258 valence electrons. The summed E-state index contributed by atoms with van der Waals surface area (Å²) in [7, 11) is 3.31. The minimum Gasteiger partial charge on any atom is -0.493 e. The van der Waals surface area contributed by atoms with Gasteiger partial charge in [-0.25, -0.2) is 4.79 Å². The third-order valence-electron chi connectivity index (χ3n) is 8.62. The Morgan fingerprint density at radius 1 is 1.02 bits per heavy atom. The lowest BCUT2D eigenvalue weighted by Gasteiger charge is -2.35. The van der Waals surface area contributed by atoms with Crippen LogP contribution in [-0.2, 0) is 20.7 Å². The smallest absolute Gasteiger partial charge is 0.410 e. The van der Waals surface area contributed by atoms with Gasteiger partial charge in [0.05, 0.1) is 19.8 Å². The standard InChI is InChI=1S/C35H61N3O7/c1-23(2)26(19-25-11-12-31(43-9)32(20-25)44-18-10-17-42-8)21-29(36)30(39)22-28(24(3)4)33(40)37-27-13-15-38(16-14-27)34(41)45-35(5,6)7/h11-12,20,23-24,26-30,39H,10,13-19,21-22,36H2,1-9H3,(H,37,40)/t26-,28-,29-,30-/m0/s1. The van der Waals surface area contributed by atoms with Crippen LogP contribution >= 0.6 is 0 Å². The highest BCUT2D eigenvalue weighted by atomic mass is 16.6. The summed E-state index contributed by atoms with van der Waals surface area (Å²) in [5.74, 6) is 1.57. The molecule has 45 heavy (non-hydrogen) atoms. The van der Waals surface area contributed by atoms with Crippen molar-refractivity contribution in [3.05, 3.63) is 23.8 Å². The van der Waals surface area contributed by atoms with Crippen LogP contribution in [0.4, 0.5) is 4.79 Å². The molecule has 4 N–H and O–H groups in total. The number of hydrogen-bond donors (Lipinski definition) is 3. The molecule has 1 saturated heterocycles. The van der Waals surface area contributed by atoms with Gasteiger partial charge in [0.1, 0.15) is 5.60 Å². The maximum Gasteiger partial charge on any atom is 0.410 e. The van der Waals surface area contributed by atoms with Crippen molar-refractivity contribution < 1.29 is 33.6 Å². The molecule has 0 bridgehead atoms. The Balaban J connectivity index is 1.96. The van der Waals surface area contributed by atoms with Crippen LogP contribution in [0.15, 0.2) is 18.2 Å². The Morgan fingerprint density at radius 3 is 2.24 bits per heavy atom. The molecule has 2 rings (SSSR count). The molecular weight excluding hydrogens is 574 g/mol. The van der Waals surface area contributed by atoms with E-state index in [0.717, 1.165) is 18.4 Å². The molecular formula is C35H61N3O7. The van der Waals surface area contributed by atoms with Gasteiger partial charge in [0, 0.05) is 51.2 Å². The van der Waals surface area contributed by atoms with E-state index in [1.165, 1.54) is 0 Å². The number of benzene rings is 1. The lowest BCUT2D eigenvalue weighted by molar-refractivity contribution is -0.128. The molecule has 1 heterocycles. The summed E-state index contributed by atoms with van der Waals surface area (Å²) in [6, 6.07) is 5.52. The lowest BCUT2D eigenvalue weighted by atomic mass is 9.80. The molecule has 1 aliphatic heterocycles. The largest absolute Gasteiger partial charge is 0.493 e. The summed E-state index contributed by atoms with van der Waals surface area (Å²) < 4.78 is 22.1. The van der Waals surface area contributed by atoms with Gasteiger partial charge < -0.3 is 40.0 Å². The topological polar surface area (TPSA) is 133 Å². The Morgan fingerprint density at radius 2 is 1.69 bits per heavy atom. The number of nitrogens with zero attached hydrogens (tertiary/aromatic N) is 1. The monoisotopic (exact) mass is 635 g/mol. The van der Waals surface area contributed by atoms with Crippen molar-refractivity contribution in [1.29, 1.82) is 0 Å². The van der Waals surface area contributed by atoms with Crippen molar-refractivity contribution in [3.63, 3.8) is 0 Å². The molecule has 1 aromatic carbocycles. The van der Waals surface area contributed by atoms with E-state index in [1.54, 1.807) is 19.1 Å². The molecule has 10 heteroatoms. The first-order valence-electron chi connectivity index (χ1n) is 16.7. The average Bonchev–Trinajstić information content (AvgIpc) is 2.96. The molecule has 0 radical (unpaired) electrons. The Labute approximate surface area is 271 Å². The number of nitrogens with one attached hydrogen (secondary N) is 1. The molecule has 0 spiro atoms. The minimum atomic E-state index is -0.811. The molecule has 0 saturated carbocycles. The van der Waals surface area contributed by atoms with E-state index in [2.05, 4.69) is 25.2 Å². The van der Waals surface area contributed by atoms with Crippen molar-refractivity contribution in [2.24, 2.45) is 29.4 Å². The Bertz CT molecular complexity index is 1030. The van der Waals surface area contributed by atoms with Crippen molar-refractivity contribution in [2.75, 3.05) is 40.5 Å². The highest BCUT2D eigenvalue weighted by molar-refractivity contribution is 5.79. The number of likely N-dealkylation sites (tertiary alicyclic amines) is 1. The molecule has 1 aliphatic rings. The van der Waals surface area contributed by atoms with Gasteiger partial charge in [0.15, 0.2) is 11.5 Å². The van der Waals surface area contributed by atoms with Gasteiger partial charge in [-0.2, -0.15) is 0 Å². The zero-order valence-electron chi connectivity index (χ0n) is 29.3. The number of carbonyl (C=O) groups excluding carboxylic acids is 2. The first-order valence-corrected chi connectivity index (χ1v) is 16.7.